The van der Waals surface area contributed by atoms with Crippen molar-refractivity contribution in [3.63, 3.8) is 0 Å². The highest BCUT2D eigenvalue weighted by atomic mass is 32.2. The first kappa shape index (κ1) is 19.1. The molecule has 0 bridgehead atoms. The number of hydrogen-bond acceptors (Lipinski definition) is 6. The van der Waals surface area contributed by atoms with E-state index in [1.807, 2.05) is 51.0 Å². The van der Waals surface area contributed by atoms with Gasteiger partial charge in [-0.3, -0.25) is 0 Å². The zero-order valence-corrected chi connectivity index (χ0v) is 16.1. The Bertz CT molecular complexity index is 850. The second-order valence-corrected chi connectivity index (χ2v) is 7.91. The maximum absolute atomic E-state index is 12.4. The molecule has 0 atom stereocenters. The lowest BCUT2D eigenvalue weighted by atomic mass is 10.2. The third-order valence-electron chi connectivity index (χ3n) is 3.63. The van der Waals surface area contributed by atoms with Gasteiger partial charge in [0.2, 0.25) is 16.0 Å². The molecular weight excluding hydrogens is 338 g/mol. The smallest absolute Gasteiger partial charge is 0.240 e. The molecule has 2 aromatic rings. The predicted molar refractivity (Wildman–Crippen MR) is 101 cm³/mol. The molecule has 25 heavy (non-hydrogen) atoms. The molecule has 0 spiro atoms. The van der Waals surface area contributed by atoms with Gasteiger partial charge in [-0.05, 0) is 38.0 Å². The van der Waals surface area contributed by atoms with Crippen molar-refractivity contribution >= 4 is 21.8 Å². The summed E-state index contributed by atoms with van der Waals surface area (Å²) in [5.41, 5.74) is 2.48. The zero-order chi connectivity index (χ0) is 18.6. The van der Waals surface area contributed by atoms with Gasteiger partial charge >= 0.3 is 0 Å². The maximum atomic E-state index is 12.4. The van der Waals surface area contributed by atoms with Crippen LogP contribution in [0.4, 0.5) is 11.8 Å². The van der Waals surface area contributed by atoms with E-state index in [0.29, 0.717) is 17.4 Å². The lowest BCUT2D eigenvalue weighted by molar-refractivity contribution is 0.582. The van der Waals surface area contributed by atoms with E-state index in [-0.39, 0.29) is 6.54 Å². The monoisotopic (exact) mass is 363 g/mol. The van der Waals surface area contributed by atoms with E-state index in [1.54, 1.807) is 13.0 Å². The number of nitrogens with one attached hydrogen (secondary N) is 2. The first-order valence-corrected chi connectivity index (χ1v) is 9.51. The van der Waals surface area contributed by atoms with Crippen molar-refractivity contribution in [1.29, 1.82) is 0 Å². The van der Waals surface area contributed by atoms with Gasteiger partial charge in [0.15, 0.2) is 0 Å². The fourth-order valence-electron chi connectivity index (χ4n) is 2.29. The van der Waals surface area contributed by atoms with Gasteiger partial charge in [0.1, 0.15) is 5.82 Å². The molecule has 136 valence electrons. The Morgan fingerprint density at radius 2 is 1.76 bits per heavy atom. The predicted octanol–water partition coefficient (Wildman–Crippen LogP) is 1.86. The standard InChI is InChI=1S/C17H25N5O2S/c1-12-6-7-13(2)15(10-12)25(23,24)19-9-8-18-17-20-14(3)11-16(21-17)22(4)5/h6-7,10-11,19H,8-9H2,1-5H3,(H,18,20,21). The average Bonchev–Trinajstić information content (AvgIpc) is 2.53. The number of sulfonamides is 1. The number of aryl methyl sites for hydroxylation is 3. The van der Waals surface area contributed by atoms with E-state index in [4.69, 9.17) is 0 Å². The van der Waals surface area contributed by atoms with Crippen molar-refractivity contribution in [2.75, 3.05) is 37.4 Å². The topological polar surface area (TPSA) is 87.2 Å². The van der Waals surface area contributed by atoms with Crippen molar-refractivity contribution in [1.82, 2.24) is 14.7 Å². The lowest BCUT2D eigenvalue weighted by Crippen LogP contribution is -2.29. The van der Waals surface area contributed by atoms with Gasteiger partial charge in [-0.15, -0.1) is 0 Å². The van der Waals surface area contributed by atoms with E-state index >= 15 is 0 Å². The van der Waals surface area contributed by atoms with Crippen LogP contribution in [0.3, 0.4) is 0 Å². The van der Waals surface area contributed by atoms with Gasteiger partial charge in [-0.1, -0.05) is 12.1 Å². The van der Waals surface area contributed by atoms with Crippen molar-refractivity contribution in [3.8, 4) is 0 Å². The van der Waals surface area contributed by atoms with Crippen molar-refractivity contribution in [2.45, 2.75) is 25.7 Å². The molecule has 7 nitrogen and oxygen atoms in total. The van der Waals surface area contributed by atoms with Crippen LogP contribution in [0, 0.1) is 20.8 Å². The highest BCUT2D eigenvalue weighted by Gasteiger charge is 2.16. The second kappa shape index (κ2) is 7.79. The summed E-state index contributed by atoms with van der Waals surface area (Å²) in [5.74, 6) is 1.28. The van der Waals surface area contributed by atoms with E-state index < -0.39 is 10.0 Å². The molecule has 0 saturated heterocycles. The van der Waals surface area contributed by atoms with Crippen LogP contribution in [0.5, 0.6) is 0 Å². The lowest BCUT2D eigenvalue weighted by Gasteiger charge is -2.14. The first-order chi connectivity index (χ1) is 11.7. The maximum Gasteiger partial charge on any atom is 0.240 e. The van der Waals surface area contributed by atoms with Crippen LogP contribution in [0.15, 0.2) is 29.2 Å². The number of aromatic nitrogens is 2. The highest BCUT2D eigenvalue weighted by Crippen LogP contribution is 2.16. The minimum absolute atomic E-state index is 0.240. The van der Waals surface area contributed by atoms with Crippen LogP contribution in [-0.2, 0) is 10.0 Å². The van der Waals surface area contributed by atoms with E-state index in [2.05, 4.69) is 20.0 Å². The summed E-state index contributed by atoms with van der Waals surface area (Å²) in [7, 11) is 0.277. The molecule has 1 heterocycles. The van der Waals surface area contributed by atoms with Gasteiger partial charge in [0, 0.05) is 38.9 Å². The SMILES string of the molecule is Cc1ccc(C)c(S(=O)(=O)NCCNc2nc(C)cc(N(C)C)n2)c1. The molecular formula is C17H25N5O2S. The molecule has 0 saturated carbocycles. The molecule has 1 aromatic heterocycles. The molecule has 0 radical (unpaired) electrons. The molecule has 0 aliphatic carbocycles. The van der Waals surface area contributed by atoms with Gasteiger partial charge in [0.05, 0.1) is 4.90 Å². The third-order valence-corrected chi connectivity index (χ3v) is 5.24. The molecule has 2 N–H and O–H groups in total. The fourth-order valence-corrected chi connectivity index (χ4v) is 3.65. The molecule has 0 unspecified atom stereocenters. The summed E-state index contributed by atoms with van der Waals surface area (Å²) in [4.78, 5) is 10.9. The van der Waals surface area contributed by atoms with Crippen LogP contribution < -0.4 is 14.9 Å². The largest absolute Gasteiger partial charge is 0.363 e. The average molecular weight is 363 g/mol. The molecule has 8 heteroatoms. The van der Waals surface area contributed by atoms with E-state index in [9.17, 15) is 8.42 Å². The normalized spacial score (nSPS) is 11.4. The quantitative estimate of drug-likeness (QED) is 0.730. The fraction of sp³-hybridized carbons (Fsp3) is 0.412. The molecule has 2 rings (SSSR count). The third kappa shape index (κ3) is 5.14. The Morgan fingerprint density at radius 3 is 2.44 bits per heavy atom. The molecule has 0 aliphatic rings. The van der Waals surface area contributed by atoms with E-state index in [1.165, 1.54) is 0 Å². The Kier molecular flexibility index (Phi) is 5.97. The summed E-state index contributed by atoms with van der Waals surface area (Å²) in [6, 6.07) is 7.27. The molecule has 0 fully saturated rings. The first-order valence-electron chi connectivity index (χ1n) is 8.03. The number of hydrogen-bond donors (Lipinski definition) is 2. The summed E-state index contributed by atoms with van der Waals surface area (Å²) in [5, 5.41) is 3.05. The Morgan fingerprint density at radius 1 is 1.04 bits per heavy atom. The summed E-state index contributed by atoms with van der Waals surface area (Å²) < 4.78 is 27.5. The molecule has 0 amide bonds. The summed E-state index contributed by atoms with van der Waals surface area (Å²) in [6.07, 6.45) is 0. The van der Waals surface area contributed by atoms with Crippen molar-refractivity contribution in [2.24, 2.45) is 0 Å². The number of anilines is 2. The zero-order valence-electron chi connectivity index (χ0n) is 15.3. The van der Waals surface area contributed by atoms with Crippen molar-refractivity contribution in [3.05, 3.63) is 41.1 Å². The second-order valence-electron chi connectivity index (χ2n) is 6.18. The minimum Gasteiger partial charge on any atom is -0.363 e. The van der Waals surface area contributed by atoms with Crippen LogP contribution >= 0.6 is 0 Å². The van der Waals surface area contributed by atoms with Crippen LogP contribution in [-0.4, -0.2) is 45.6 Å². The Balaban J connectivity index is 1.98. The highest BCUT2D eigenvalue weighted by molar-refractivity contribution is 7.89. The van der Waals surface area contributed by atoms with Crippen LogP contribution in [0.2, 0.25) is 0 Å². The van der Waals surface area contributed by atoms with Crippen LogP contribution in [0.25, 0.3) is 0 Å². The number of nitrogens with zero attached hydrogens (tertiary/aromatic N) is 3. The molecule has 0 aliphatic heterocycles. The molecule has 1 aromatic carbocycles. The van der Waals surface area contributed by atoms with Gasteiger partial charge in [-0.25, -0.2) is 18.1 Å². The Labute approximate surface area is 149 Å². The van der Waals surface area contributed by atoms with E-state index in [0.717, 1.165) is 22.6 Å². The Hall–Kier alpha value is -2.19. The summed E-state index contributed by atoms with van der Waals surface area (Å²) >= 11 is 0. The van der Waals surface area contributed by atoms with Gasteiger partial charge < -0.3 is 10.2 Å². The number of rotatable bonds is 7. The summed E-state index contributed by atoms with van der Waals surface area (Å²) in [6.45, 7) is 6.18. The number of benzene rings is 1. The minimum atomic E-state index is -3.54. The van der Waals surface area contributed by atoms with Crippen LogP contribution in [0.1, 0.15) is 16.8 Å². The van der Waals surface area contributed by atoms with Gasteiger partial charge in [-0.2, -0.15) is 4.98 Å². The van der Waals surface area contributed by atoms with Gasteiger partial charge in [0.25, 0.3) is 0 Å². The van der Waals surface area contributed by atoms with Crippen molar-refractivity contribution < 1.29 is 8.42 Å².